The largest absolute Gasteiger partial charge is 0.345 e. The summed E-state index contributed by atoms with van der Waals surface area (Å²) in [7, 11) is -3.14. The van der Waals surface area contributed by atoms with Crippen molar-refractivity contribution in [2.24, 2.45) is 0 Å². The second-order valence-electron chi connectivity index (χ2n) is 3.48. The Morgan fingerprint density at radius 2 is 2.18 bits per heavy atom. The van der Waals surface area contributed by atoms with E-state index < -0.39 is 15.9 Å². The molecule has 0 bridgehead atoms. The number of hydrogen-bond acceptors (Lipinski definition) is 4. The summed E-state index contributed by atoms with van der Waals surface area (Å²) in [6.07, 6.45) is 1.49. The van der Waals surface area contributed by atoms with Crippen LogP contribution in [-0.2, 0) is 9.84 Å². The number of rotatable bonds is 2. The molecular formula is C9H7Br2NO3S2. The molecule has 1 aromatic rings. The van der Waals surface area contributed by atoms with Gasteiger partial charge in [0.05, 0.1) is 24.9 Å². The predicted octanol–water partition coefficient (Wildman–Crippen LogP) is 2.31. The van der Waals surface area contributed by atoms with Crippen LogP contribution >= 0.6 is 43.2 Å². The summed E-state index contributed by atoms with van der Waals surface area (Å²) in [6.45, 7) is 0. The third-order valence-corrected chi connectivity index (χ3v) is 5.88. The van der Waals surface area contributed by atoms with E-state index >= 15 is 0 Å². The molecule has 0 saturated carbocycles. The number of hydrogen-bond donors (Lipinski definition) is 1. The molecule has 2 rings (SSSR count). The Kier molecular flexibility index (Phi) is 3.77. The summed E-state index contributed by atoms with van der Waals surface area (Å²) in [4.78, 5) is 11.9. The zero-order valence-corrected chi connectivity index (χ0v) is 13.1. The van der Waals surface area contributed by atoms with Crippen LogP contribution in [0.3, 0.4) is 0 Å². The molecule has 1 unspecified atom stereocenters. The Balaban J connectivity index is 2.09. The molecule has 0 spiro atoms. The molecule has 92 valence electrons. The van der Waals surface area contributed by atoms with Crippen molar-refractivity contribution >= 4 is 58.9 Å². The molecule has 1 amide bonds. The molecular weight excluding hydrogens is 394 g/mol. The van der Waals surface area contributed by atoms with Crippen LogP contribution in [0.15, 0.2) is 25.1 Å². The van der Waals surface area contributed by atoms with Crippen molar-refractivity contribution < 1.29 is 13.2 Å². The maximum Gasteiger partial charge on any atom is 0.253 e. The fourth-order valence-corrected chi connectivity index (χ4v) is 5.44. The topological polar surface area (TPSA) is 63.2 Å². The van der Waals surface area contributed by atoms with Gasteiger partial charge in [-0.1, -0.05) is 0 Å². The minimum Gasteiger partial charge on any atom is -0.345 e. The van der Waals surface area contributed by atoms with Crippen LogP contribution in [0.2, 0.25) is 0 Å². The second kappa shape index (κ2) is 4.83. The van der Waals surface area contributed by atoms with Crippen molar-refractivity contribution in [2.75, 3.05) is 5.75 Å². The number of sulfone groups is 1. The molecule has 1 atom stereocenters. The lowest BCUT2D eigenvalue weighted by atomic mass is 10.3. The quantitative estimate of drug-likeness (QED) is 0.828. The van der Waals surface area contributed by atoms with Crippen LogP contribution in [0, 0.1) is 0 Å². The van der Waals surface area contributed by atoms with Crippen LogP contribution in [0.5, 0.6) is 0 Å². The van der Waals surface area contributed by atoms with E-state index in [1.165, 1.54) is 17.4 Å². The lowest BCUT2D eigenvalue weighted by Crippen LogP contribution is -2.35. The van der Waals surface area contributed by atoms with Gasteiger partial charge in [-0.3, -0.25) is 4.79 Å². The van der Waals surface area contributed by atoms with Crippen molar-refractivity contribution in [3.63, 3.8) is 0 Å². The van der Waals surface area contributed by atoms with Crippen molar-refractivity contribution in [1.29, 1.82) is 0 Å². The van der Waals surface area contributed by atoms with Gasteiger partial charge in [0, 0.05) is 5.41 Å². The Morgan fingerprint density at radius 3 is 2.65 bits per heavy atom. The minimum absolute atomic E-state index is 0.0678. The monoisotopic (exact) mass is 399 g/mol. The zero-order chi connectivity index (χ0) is 12.6. The maximum atomic E-state index is 11.9. The Bertz CT molecular complexity index is 591. The summed E-state index contributed by atoms with van der Waals surface area (Å²) >= 11 is 7.95. The maximum absolute atomic E-state index is 11.9. The number of carbonyl (C=O) groups excluding carboxylic acids is 1. The van der Waals surface area contributed by atoms with Crippen molar-refractivity contribution in [3.05, 3.63) is 30.7 Å². The molecule has 0 saturated heterocycles. The first-order valence-corrected chi connectivity index (χ1v) is 8.66. The predicted molar refractivity (Wildman–Crippen MR) is 73.9 cm³/mol. The van der Waals surface area contributed by atoms with Crippen molar-refractivity contribution in [3.8, 4) is 0 Å². The standard InChI is InChI=1S/C9H7Br2NO3S2/c10-7-3-6(8(11)16-7)9(13)12-5-1-2-17(14,15)4-5/h1-3,5H,4H2,(H,12,13). The van der Waals surface area contributed by atoms with E-state index in [-0.39, 0.29) is 11.7 Å². The van der Waals surface area contributed by atoms with E-state index in [2.05, 4.69) is 37.2 Å². The minimum atomic E-state index is -3.14. The van der Waals surface area contributed by atoms with Gasteiger partial charge >= 0.3 is 0 Å². The normalized spacial score (nSPS) is 21.6. The molecule has 1 aliphatic rings. The van der Waals surface area contributed by atoms with Crippen molar-refractivity contribution in [2.45, 2.75) is 6.04 Å². The highest BCUT2D eigenvalue weighted by atomic mass is 79.9. The SMILES string of the molecule is O=C(NC1C=CS(=O)(=O)C1)c1cc(Br)sc1Br. The van der Waals surface area contributed by atoms with E-state index in [9.17, 15) is 13.2 Å². The molecule has 1 N–H and O–H groups in total. The smallest absolute Gasteiger partial charge is 0.253 e. The summed E-state index contributed by atoms with van der Waals surface area (Å²) < 4.78 is 23.9. The molecule has 2 heterocycles. The number of carbonyl (C=O) groups is 1. The zero-order valence-electron chi connectivity index (χ0n) is 8.31. The number of thiophene rings is 1. The highest BCUT2D eigenvalue weighted by Crippen LogP contribution is 2.31. The fraction of sp³-hybridized carbons (Fsp3) is 0.222. The van der Waals surface area contributed by atoms with Gasteiger partial charge in [0.1, 0.15) is 0 Å². The Morgan fingerprint density at radius 1 is 1.47 bits per heavy atom. The molecule has 0 aromatic carbocycles. The van der Waals surface area contributed by atoms with Crippen LogP contribution in [0.25, 0.3) is 0 Å². The third-order valence-electron chi connectivity index (χ3n) is 2.15. The van der Waals surface area contributed by atoms with Gasteiger partial charge in [-0.25, -0.2) is 8.42 Å². The van der Waals surface area contributed by atoms with E-state index in [1.54, 1.807) is 6.07 Å². The third kappa shape index (κ3) is 3.18. The average Bonchev–Trinajstić information content (AvgIpc) is 2.69. The summed E-state index contributed by atoms with van der Waals surface area (Å²) in [5.41, 5.74) is 0.500. The van der Waals surface area contributed by atoms with Crippen LogP contribution in [-0.4, -0.2) is 26.1 Å². The van der Waals surface area contributed by atoms with Gasteiger partial charge in [-0.15, -0.1) is 11.3 Å². The lowest BCUT2D eigenvalue weighted by molar-refractivity contribution is 0.0947. The first kappa shape index (κ1) is 13.3. The molecule has 0 fully saturated rings. The second-order valence-corrected chi connectivity index (χ2v) is 9.16. The highest BCUT2D eigenvalue weighted by molar-refractivity contribution is 9.12. The number of halogens is 2. The van der Waals surface area contributed by atoms with Gasteiger partial charge < -0.3 is 5.32 Å². The summed E-state index contributed by atoms with van der Waals surface area (Å²) in [6, 6.07) is 1.25. The molecule has 8 heteroatoms. The molecule has 17 heavy (non-hydrogen) atoms. The van der Waals surface area contributed by atoms with Crippen LogP contribution in [0.1, 0.15) is 10.4 Å². The Labute approximate surface area is 119 Å². The van der Waals surface area contributed by atoms with E-state index in [4.69, 9.17) is 0 Å². The van der Waals surface area contributed by atoms with Gasteiger partial charge in [0.2, 0.25) is 0 Å². The van der Waals surface area contributed by atoms with Gasteiger partial charge in [0.15, 0.2) is 9.84 Å². The Hall–Kier alpha value is -0.180. The van der Waals surface area contributed by atoms with Gasteiger partial charge in [0.25, 0.3) is 5.91 Å². The molecule has 1 aliphatic heterocycles. The van der Waals surface area contributed by atoms with Gasteiger partial charge in [-0.2, -0.15) is 0 Å². The van der Waals surface area contributed by atoms with Crippen molar-refractivity contribution in [1.82, 2.24) is 5.32 Å². The highest BCUT2D eigenvalue weighted by Gasteiger charge is 2.24. The lowest BCUT2D eigenvalue weighted by Gasteiger charge is -2.08. The molecule has 1 aromatic heterocycles. The molecule has 4 nitrogen and oxygen atoms in total. The first-order chi connectivity index (χ1) is 7.87. The summed E-state index contributed by atoms with van der Waals surface area (Å²) in [5, 5.41) is 3.79. The van der Waals surface area contributed by atoms with E-state index in [0.29, 0.717) is 9.35 Å². The van der Waals surface area contributed by atoms with E-state index in [1.807, 2.05) is 0 Å². The number of nitrogens with one attached hydrogen (secondary N) is 1. The van der Waals surface area contributed by atoms with Crippen LogP contribution in [0.4, 0.5) is 0 Å². The molecule has 0 radical (unpaired) electrons. The summed E-state index contributed by atoms with van der Waals surface area (Å²) in [5.74, 6) is -0.354. The average molecular weight is 401 g/mol. The van der Waals surface area contributed by atoms with Gasteiger partial charge in [-0.05, 0) is 44.0 Å². The molecule has 0 aliphatic carbocycles. The fourth-order valence-electron chi connectivity index (χ4n) is 1.41. The number of amides is 1. The van der Waals surface area contributed by atoms with Crippen LogP contribution < -0.4 is 5.32 Å². The first-order valence-electron chi connectivity index (χ1n) is 4.54. The van der Waals surface area contributed by atoms with E-state index in [0.717, 1.165) is 9.19 Å².